The van der Waals surface area contributed by atoms with Crippen LogP contribution in [0.4, 0.5) is 0 Å². The standard InChI is InChI=1S/C16H19ClN2O3/c1-21-16(22-2)15-14-11(7-8-19(15)13(20)9-17)10-5-3-4-6-12(10)18-14/h3-6,15-16,18H,7-9H2,1-2H3. The highest BCUT2D eigenvalue weighted by molar-refractivity contribution is 6.27. The molecule has 0 fully saturated rings. The predicted molar refractivity (Wildman–Crippen MR) is 85.0 cm³/mol. The second kappa shape index (κ2) is 6.28. The first-order chi connectivity index (χ1) is 10.7. The van der Waals surface area contributed by atoms with Crippen molar-refractivity contribution in [3.63, 3.8) is 0 Å². The largest absolute Gasteiger partial charge is 0.356 e. The Labute approximate surface area is 134 Å². The van der Waals surface area contributed by atoms with Crippen LogP contribution in [0.5, 0.6) is 0 Å². The van der Waals surface area contributed by atoms with Crippen LogP contribution in [0.1, 0.15) is 17.3 Å². The number of nitrogens with one attached hydrogen (secondary N) is 1. The molecule has 6 heteroatoms. The summed E-state index contributed by atoms with van der Waals surface area (Å²) < 4.78 is 10.9. The van der Waals surface area contributed by atoms with Crippen LogP contribution in [0, 0.1) is 0 Å². The van der Waals surface area contributed by atoms with Gasteiger partial charge in [0.15, 0.2) is 6.29 Å². The Balaban J connectivity index is 2.13. The fourth-order valence-corrected chi connectivity index (χ4v) is 3.42. The molecular formula is C16H19ClN2O3. The molecule has 1 aliphatic rings. The number of nitrogens with zero attached hydrogens (tertiary/aromatic N) is 1. The molecule has 3 rings (SSSR count). The molecule has 0 saturated heterocycles. The van der Waals surface area contributed by atoms with E-state index in [4.69, 9.17) is 21.1 Å². The van der Waals surface area contributed by atoms with Crippen molar-refractivity contribution in [2.45, 2.75) is 18.8 Å². The summed E-state index contributed by atoms with van der Waals surface area (Å²) in [7, 11) is 3.16. The van der Waals surface area contributed by atoms with Gasteiger partial charge in [-0.15, -0.1) is 11.6 Å². The summed E-state index contributed by atoms with van der Waals surface area (Å²) in [5.41, 5.74) is 3.25. The molecule has 1 aromatic carbocycles. The molecule has 22 heavy (non-hydrogen) atoms. The number of ether oxygens (including phenoxy) is 2. The number of fused-ring (bicyclic) bond motifs is 3. The summed E-state index contributed by atoms with van der Waals surface area (Å²) in [6, 6.07) is 7.82. The number of hydrogen-bond acceptors (Lipinski definition) is 3. The fourth-order valence-electron chi connectivity index (χ4n) is 3.26. The van der Waals surface area contributed by atoms with E-state index in [0.29, 0.717) is 6.54 Å². The van der Waals surface area contributed by atoms with Crippen molar-refractivity contribution < 1.29 is 14.3 Å². The third-order valence-electron chi connectivity index (χ3n) is 4.24. The maximum Gasteiger partial charge on any atom is 0.238 e. The first-order valence-electron chi connectivity index (χ1n) is 7.21. The molecule has 1 unspecified atom stereocenters. The molecular weight excluding hydrogens is 304 g/mol. The van der Waals surface area contributed by atoms with Gasteiger partial charge in [0.05, 0.1) is 0 Å². The van der Waals surface area contributed by atoms with Crippen LogP contribution in [0.2, 0.25) is 0 Å². The Kier molecular flexibility index (Phi) is 4.38. The molecule has 5 nitrogen and oxygen atoms in total. The third-order valence-corrected chi connectivity index (χ3v) is 4.47. The van der Waals surface area contributed by atoms with Gasteiger partial charge < -0.3 is 19.4 Å². The van der Waals surface area contributed by atoms with E-state index in [9.17, 15) is 4.79 Å². The number of aromatic amines is 1. The number of carbonyl (C=O) groups excluding carboxylic acids is 1. The predicted octanol–water partition coefficient (Wildman–Crippen LogP) is 2.45. The lowest BCUT2D eigenvalue weighted by atomic mass is 9.96. The van der Waals surface area contributed by atoms with Crippen molar-refractivity contribution >= 4 is 28.4 Å². The van der Waals surface area contributed by atoms with E-state index >= 15 is 0 Å². The second-order valence-electron chi connectivity index (χ2n) is 5.32. The lowest BCUT2D eigenvalue weighted by Gasteiger charge is -2.38. The van der Waals surface area contributed by atoms with Gasteiger partial charge in [-0.2, -0.15) is 0 Å². The zero-order valence-corrected chi connectivity index (χ0v) is 13.4. The van der Waals surface area contributed by atoms with Crippen LogP contribution in [0.15, 0.2) is 24.3 Å². The molecule has 1 amide bonds. The zero-order valence-electron chi connectivity index (χ0n) is 12.6. The molecule has 2 heterocycles. The molecule has 1 atom stereocenters. The number of amides is 1. The van der Waals surface area contributed by atoms with Gasteiger partial charge >= 0.3 is 0 Å². The normalized spacial score (nSPS) is 18.0. The van der Waals surface area contributed by atoms with Crippen LogP contribution in [-0.2, 0) is 20.7 Å². The minimum Gasteiger partial charge on any atom is -0.356 e. The molecule has 0 saturated carbocycles. The average molecular weight is 323 g/mol. The van der Waals surface area contributed by atoms with Gasteiger partial charge in [-0.25, -0.2) is 0 Å². The lowest BCUT2D eigenvalue weighted by Crippen LogP contribution is -2.46. The smallest absolute Gasteiger partial charge is 0.238 e. The van der Waals surface area contributed by atoms with Crippen LogP contribution >= 0.6 is 11.6 Å². The summed E-state index contributed by atoms with van der Waals surface area (Å²) in [5.74, 6) is -0.165. The Hall–Kier alpha value is -1.56. The van der Waals surface area contributed by atoms with Gasteiger partial charge in [-0.3, -0.25) is 4.79 Å². The molecule has 1 aliphatic heterocycles. The van der Waals surface area contributed by atoms with E-state index in [1.54, 1.807) is 19.1 Å². The Morgan fingerprint density at radius 1 is 1.41 bits per heavy atom. The second-order valence-corrected chi connectivity index (χ2v) is 5.59. The van der Waals surface area contributed by atoms with Crippen molar-refractivity contribution in [1.29, 1.82) is 0 Å². The highest BCUT2D eigenvalue weighted by atomic mass is 35.5. The highest BCUT2D eigenvalue weighted by Gasteiger charge is 2.38. The lowest BCUT2D eigenvalue weighted by molar-refractivity contribution is -0.164. The number of aromatic nitrogens is 1. The van der Waals surface area contributed by atoms with Crippen molar-refractivity contribution in [3.8, 4) is 0 Å². The molecule has 118 valence electrons. The molecule has 0 spiro atoms. The number of carbonyl (C=O) groups is 1. The number of rotatable bonds is 4. The first kappa shape index (κ1) is 15.3. The summed E-state index contributed by atoms with van der Waals surface area (Å²) in [6.45, 7) is 0.605. The van der Waals surface area contributed by atoms with Crippen LogP contribution in [0.3, 0.4) is 0 Å². The van der Waals surface area contributed by atoms with E-state index in [1.165, 1.54) is 10.9 Å². The maximum atomic E-state index is 12.2. The minimum atomic E-state index is -0.542. The van der Waals surface area contributed by atoms with Crippen LogP contribution < -0.4 is 0 Å². The summed E-state index contributed by atoms with van der Waals surface area (Å²) in [4.78, 5) is 17.4. The first-order valence-corrected chi connectivity index (χ1v) is 7.75. The van der Waals surface area contributed by atoms with Crippen molar-refractivity contribution in [3.05, 3.63) is 35.5 Å². The minimum absolute atomic E-state index is 0.0494. The van der Waals surface area contributed by atoms with Gasteiger partial charge in [0.2, 0.25) is 5.91 Å². The molecule has 0 radical (unpaired) electrons. The average Bonchev–Trinajstić information content (AvgIpc) is 2.94. The van der Waals surface area contributed by atoms with Gasteiger partial charge in [-0.05, 0) is 18.1 Å². The van der Waals surface area contributed by atoms with Crippen molar-refractivity contribution in [1.82, 2.24) is 9.88 Å². The van der Waals surface area contributed by atoms with E-state index in [0.717, 1.165) is 17.6 Å². The Morgan fingerprint density at radius 3 is 2.82 bits per heavy atom. The topological polar surface area (TPSA) is 54.6 Å². The number of H-pyrrole nitrogens is 1. The van der Waals surface area contributed by atoms with Crippen LogP contribution in [0.25, 0.3) is 10.9 Å². The van der Waals surface area contributed by atoms with Crippen LogP contribution in [-0.4, -0.2) is 48.7 Å². The molecule has 1 aromatic heterocycles. The Morgan fingerprint density at radius 2 is 2.14 bits per heavy atom. The highest BCUT2D eigenvalue weighted by Crippen LogP contribution is 2.37. The summed E-state index contributed by atoms with van der Waals surface area (Å²) in [6.07, 6.45) is 0.248. The maximum absolute atomic E-state index is 12.2. The molecule has 0 aliphatic carbocycles. The number of methoxy groups -OCH3 is 2. The quantitative estimate of drug-likeness (QED) is 0.695. The van der Waals surface area contributed by atoms with E-state index in [1.807, 2.05) is 18.2 Å². The van der Waals surface area contributed by atoms with Crippen molar-refractivity contribution in [2.75, 3.05) is 26.6 Å². The Bertz CT molecular complexity index is 681. The summed E-state index contributed by atoms with van der Waals surface area (Å²) in [5, 5.41) is 1.19. The van der Waals surface area contributed by atoms with Gasteiger partial charge in [0.1, 0.15) is 11.9 Å². The zero-order chi connectivity index (χ0) is 15.7. The van der Waals surface area contributed by atoms with Gasteiger partial charge in [-0.1, -0.05) is 18.2 Å². The van der Waals surface area contributed by atoms with Crippen molar-refractivity contribution in [2.24, 2.45) is 0 Å². The summed E-state index contributed by atoms with van der Waals surface area (Å²) >= 11 is 5.76. The number of para-hydroxylation sites is 1. The number of alkyl halides is 1. The molecule has 1 N–H and O–H groups in total. The molecule has 2 aromatic rings. The van der Waals surface area contributed by atoms with E-state index in [2.05, 4.69) is 11.1 Å². The monoisotopic (exact) mass is 322 g/mol. The van der Waals surface area contributed by atoms with Gasteiger partial charge in [0.25, 0.3) is 0 Å². The molecule has 0 bridgehead atoms. The van der Waals surface area contributed by atoms with E-state index < -0.39 is 6.29 Å². The number of halogens is 1. The fraction of sp³-hybridized carbons (Fsp3) is 0.438. The number of hydrogen-bond donors (Lipinski definition) is 1. The number of benzene rings is 1. The SMILES string of the molecule is COC(OC)C1c2[nH]c3ccccc3c2CCN1C(=O)CCl. The van der Waals surface area contributed by atoms with Gasteiger partial charge in [0, 0.05) is 37.4 Å². The third kappa shape index (κ3) is 2.39. The van der Waals surface area contributed by atoms with E-state index in [-0.39, 0.29) is 17.8 Å².